The van der Waals surface area contributed by atoms with Gasteiger partial charge in [-0.25, -0.2) is 13.8 Å². The number of nitrogens with zero attached hydrogens (tertiary/aromatic N) is 3. The maximum Gasteiger partial charge on any atom is 0.250 e. The Morgan fingerprint density at radius 3 is 2.51 bits per heavy atom. The van der Waals surface area contributed by atoms with Crippen LogP contribution in [0.3, 0.4) is 0 Å². The molecule has 0 saturated heterocycles. The van der Waals surface area contributed by atoms with Crippen LogP contribution in [-0.2, 0) is 11.2 Å². The van der Waals surface area contributed by atoms with Gasteiger partial charge < -0.3 is 25.0 Å². The highest BCUT2D eigenvalue weighted by atomic mass is 19.3. The van der Waals surface area contributed by atoms with Crippen molar-refractivity contribution in [2.75, 3.05) is 20.2 Å². The molecular formula is C29H28F2N4O4. The highest BCUT2D eigenvalue weighted by Crippen LogP contribution is 2.69. The largest absolute Gasteiger partial charge is 0.481 e. The Morgan fingerprint density at radius 2 is 1.90 bits per heavy atom. The summed E-state index contributed by atoms with van der Waals surface area (Å²) in [6.45, 7) is 1.40. The molecular weight excluding hydrogens is 506 g/mol. The summed E-state index contributed by atoms with van der Waals surface area (Å²) in [6, 6.07) is 12.0. The quantitative estimate of drug-likeness (QED) is 0.494. The minimum atomic E-state index is -2.60. The van der Waals surface area contributed by atoms with Crippen LogP contribution < -0.4 is 14.8 Å². The van der Waals surface area contributed by atoms with Crippen LogP contribution in [-0.4, -0.2) is 47.9 Å². The monoisotopic (exact) mass is 534 g/mol. The van der Waals surface area contributed by atoms with Gasteiger partial charge in [-0.15, -0.1) is 0 Å². The molecule has 2 aromatic rings. The summed E-state index contributed by atoms with van der Waals surface area (Å²) >= 11 is 0. The van der Waals surface area contributed by atoms with E-state index in [1.165, 1.54) is 13.2 Å². The lowest BCUT2D eigenvalue weighted by atomic mass is 9.65. The first-order valence-corrected chi connectivity index (χ1v) is 12.7. The molecule has 39 heavy (non-hydrogen) atoms. The Hall–Kier alpha value is -3.83. The lowest BCUT2D eigenvalue weighted by molar-refractivity contribution is -0.162. The van der Waals surface area contributed by atoms with Crippen LogP contribution in [0.2, 0.25) is 0 Å². The van der Waals surface area contributed by atoms with Gasteiger partial charge in [-0.05, 0) is 29.5 Å². The van der Waals surface area contributed by atoms with E-state index in [1.54, 1.807) is 24.3 Å². The van der Waals surface area contributed by atoms with Crippen molar-refractivity contribution in [3.8, 4) is 23.8 Å². The number of pyridine rings is 1. The Labute approximate surface area is 224 Å². The van der Waals surface area contributed by atoms with Crippen LogP contribution in [0.4, 0.5) is 8.78 Å². The Morgan fingerprint density at radius 1 is 1.18 bits per heavy atom. The van der Waals surface area contributed by atoms with E-state index in [9.17, 15) is 29.5 Å². The first-order chi connectivity index (χ1) is 18.7. The zero-order valence-electron chi connectivity index (χ0n) is 21.4. The second-order valence-electron chi connectivity index (χ2n) is 10.2. The highest BCUT2D eigenvalue weighted by Gasteiger charge is 2.77. The molecule has 3 aliphatic rings. The van der Waals surface area contributed by atoms with Crippen molar-refractivity contribution in [1.29, 1.82) is 10.5 Å². The molecule has 1 aromatic carbocycles. The summed E-state index contributed by atoms with van der Waals surface area (Å²) in [4.78, 5) is 4.22. The number of methoxy groups -OCH3 is 1. The van der Waals surface area contributed by atoms with Gasteiger partial charge in [-0.1, -0.05) is 43.4 Å². The molecule has 202 valence electrons. The van der Waals surface area contributed by atoms with Gasteiger partial charge in [-0.3, -0.25) is 0 Å². The van der Waals surface area contributed by atoms with Crippen LogP contribution in [0.1, 0.15) is 29.3 Å². The van der Waals surface area contributed by atoms with Crippen molar-refractivity contribution < 1.29 is 28.5 Å². The molecule has 2 heterocycles. The Bertz CT molecular complexity index is 1400. The number of fused-ring (bicyclic) bond motifs is 3. The molecule has 0 radical (unpaired) electrons. The van der Waals surface area contributed by atoms with E-state index in [0.717, 1.165) is 0 Å². The van der Waals surface area contributed by atoms with Crippen molar-refractivity contribution in [1.82, 2.24) is 10.3 Å². The number of aromatic nitrogens is 1. The number of rotatable bonds is 7. The standard InChI is InChI=1S/C29H28F2N4O4/c1-16-5-3-4-6-20(16)24-21(14-34-15-23(30)31)26(36)28(37)25-22(11-19(13-33)35-27(25)38-2)39-29(24,28)18-9-7-17(12-32)8-10-18/h3-11,16,20-21,23-24,26,34,36-37H,14-15H2,1-2H3/t16?,20?,21-,24-,26-,28+,29+/m1/s1. The first-order valence-electron chi connectivity index (χ1n) is 12.7. The highest BCUT2D eigenvalue weighted by molar-refractivity contribution is 5.59. The molecule has 1 fully saturated rings. The maximum atomic E-state index is 13.1. The third-order valence-corrected chi connectivity index (χ3v) is 8.24. The van der Waals surface area contributed by atoms with Crippen LogP contribution in [0.5, 0.6) is 11.6 Å². The predicted molar refractivity (Wildman–Crippen MR) is 136 cm³/mol. The number of allylic oxidation sites excluding steroid dienone is 4. The molecule has 5 rings (SSSR count). The number of benzene rings is 1. The van der Waals surface area contributed by atoms with E-state index in [4.69, 9.17) is 9.47 Å². The number of alkyl halides is 2. The van der Waals surface area contributed by atoms with Crippen molar-refractivity contribution in [2.24, 2.45) is 23.7 Å². The van der Waals surface area contributed by atoms with Gasteiger partial charge in [0.15, 0.2) is 11.2 Å². The summed E-state index contributed by atoms with van der Waals surface area (Å²) in [5.41, 5.74) is -2.82. The maximum absolute atomic E-state index is 13.1. The third-order valence-electron chi connectivity index (χ3n) is 8.24. The van der Waals surface area contributed by atoms with Crippen LogP contribution >= 0.6 is 0 Å². The molecule has 0 amide bonds. The summed E-state index contributed by atoms with van der Waals surface area (Å²) in [6.07, 6.45) is 3.67. The van der Waals surface area contributed by atoms with Crippen molar-refractivity contribution in [3.05, 3.63) is 77.0 Å². The summed E-state index contributed by atoms with van der Waals surface area (Å²) in [7, 11) is 1.34. The number of ether oxygens (including phenoxy) is 2. The number of aliphatic hydroxyl groups is 2. The molecule has 10 heteroatoms. The fourth-order valence-corrected chi connectivity index (χ4v) is 6.67. The number of hydrogen-bond donors (Lipinski definition) is 3. The minimum Gasteiger partial charge on any atom is -0.481 e. The average Bonchev–Trinajstić information content (AvgIpc) is 3.31. The molecule has 1 saturated carbocycles. The number of halogens is 2. The molecule has 0 spiro atoms. The van der Waals surface area contributed by atoms with E-state index < -0.39 is 42.1 Å². The van der Waals surface area contributed by atoms with Crippen molar-refractivity contribution in [3.63, 3.8) is 0 Å². The SMILES string of the molecule is COc1nc(C#N)cc2c1[C@]1(O)[C@H](O)[C@H](CNCC(F)F)[C@@H](C3C=CC=CC3C)[C@]1(c1ccc(C#N)cc1)O2. The van der Waals surface area contributed by atoms with Gasteiger partial charge in [0, 0.05) is 24.4 Å². The van der Waals surface area contributed by atoms with Crippen molar-refractivity contribution in [2.45, 2.75) is 30.7 Å². The van der Waals surface area contributed by atoms with Gasteiger partial charge in [0.25, 0.3) is 6.43 Å². The van der Waals surface area contributed by atoms with Gasteiger partial charge in [0.05, 0.1) is 37.0 Å². The average molecular weight is 535 g/mol. The molecule has 7 atom stereocenters. The van der Waals surface area contributed by atoms with E-state index in [1.807, 2.05) is 37.3 Å². The van der Waals surface area contributed by atoms with Gasteiger partial charge in [0.2, 0.25) is 5.88 Å². The van der Waals surface area contributed by atoms with Gasteiger partial charge in [0.1, 0.15) is 17.5 Å². The predicted octanol–water partition coefficient (Wildman–Crippen LogP) is 3.15. The number of hydrogen-bond acceptors (Lipinski definition) is 8. The molecule has 2 aliphatic carbocycles. The molecule has 2 unspecified atom stereocenters. The Kier molecular flexibility index (Phi) is 6.90. The lowest BCUT2D eigenvalue weighted by Crippen LogP contribution is -2.54. The van der Waals surface area contributed by atoms with Crippen LogP contribution in [0.15, 0.2) is 54.6 Å². The summed E-state index contributed by atoms with van der Waals surface area (Å²) in [5.74, 6) is -1.67. The third kappa shape index (κ3) is 3.90. The zero-order chi connectivity index (χ0) is 27.9. The smallest absolute Gasteiger partial charge is 0.250 e. The van der Waals surface area contributed by atoms with Crippen molar-refractivity contribution >= 4 is 0 Å². The first kappa shape index (κ1) is 26.8. The molecule has 1 aliphatic heterocycles. The molecule has 8 nitrogen and oxygen atoms in total. The minimum absolute atomic E-state index is 0.000736. The second kappa shape index (κ2) is 10.0. The van der Waals surface area contributed by atoms with E-state index in [0.29, 0.717) is 11.1 Å². The molecule has 3 N–H and O–H groups in total. The van der Waals surface area contributed by atoms with Crippen LogP contribution in [0.25, 0.3) is 0 Å². The molecule has 0 bridgehead atoms. The topological polar surface area (TPSA) is 131 Å². The van der Waals surface area contributed by atoms with Gasteiger partial charge >= 0.3 is 0 Å². The second-order valence-corrected chi connectivity index (χ2v) is 10.2. The number of nitriles is 2. The number of aliphatic hydroxyl groups excluding tert-OH is 1. The molecule has 1 aromatic heterocycles. The summed E-state index contributed by atoms with van der Waals surface area (Å²) < 4.78 is 38.4. The Balaban J connectivity index is 1.79. The fraction of sp³-hybridized carbons (Fsp3) is 0.414. The van der Waals surface area contributed by atoms with Gasteiger partial charge in [-0.2, -0.15) is 10.5 Å². The summed E-state index contributed by atoms with van der Waals surface area (Å²) in [5, 5.41) is 46.5. The lowest BCUT2D eigenvalue weighted by Gasteiger charge is -2.44. The normalized spacial score (nSPS) is 32.3. The number of nitrogens with one attached hydrogen (secondary N) is 1. The zero-order valence-corrected chi connectivity index (χ0v) is 21.4. The van der Waals surface area contributed by atoms with E-state index in [-0.39, 0.29) is 41.3 Å². The van der Waals surface area contributed by atoms with E-state index in [2.05, 4.69) is 16.4 Å². The van der Waals surface area contributed by atoms with E-state index >= 15 is 0 Å². The fourth-order valence-electron chi connectivity index (χ4n) is 6.67. The van der Waals surface area contributed by atoms with Crippen LogP contribution in [0, 0.1) is 46.3 Å².